The molecule has 21 heavy (non-hydrogen) atoms. The molecule has 4 nitrogen and oxygen atoms in total. The summed E-state index contributed by atoms with van der Waals surface area (Å²) < 4.78 is 13.6. The molecule has 2 aromatic rings. The molecule has 0 spiro atoms. The number of anilines is 2. The Bertz CT molecular complexity index is 667. The first-order chi connectivity index (χ1) is 10.0. The monoisotopic (exact) mass is 286 g/mol. The van der Waals surface area contributed by atoms with E-state index in [4.69, 9.17) is 5.73 Å². The number of benzene rings is 1. The van der Waals surface area contributed by atoms with Gasteiger partial charge in [0.2, 0.25) is 0 Å². The zero-order valence-corrected chi connectivity index (χ0v) is 12.2. The lowest BCUT2D eigenvalue weighted by atomic mass is 10.1. The molecule has 1 atom stereocenters. The van der Waals surface area contributed by atoms with Gasteiger partial charge in [0.1, 0.15) is 23.3 Å². The van der Waals surface area contributed by atoms with Crippen molar-refractivity contribution >= 4 is 11.6 Å². The van der Waals surface area contributed by atoms with Gasteiger partial charge in [0.15, 0.2) is 0 Å². The Balaban J connectivity index is 1.80. The van der Waals surface area contributed by atoms with E-state index in [2.05, 4.69) is 15.3 Å². The molecule has 1 saturated carbocycles. The number of halogens is 1. The Labute approximate surface area is 123 Å². The van der Waals surface area contributed by atoms with Gasteiger partial charge in [-0.2, -0.15) is 0 Å². The average Bonchev–Trinajstić information content (AvgIpc) is 3.25. The molecule has 1 fully saturated rings. The van der Waals surface area contributed by atoms with Crippen LogP contribution in [0.3, 0.4) is 0 Å². The number of nitrogens with two attached hydrogens (primary N) is 1. The lowest BCUT2D eigenvalue weighted by molar-refractivity contribution is 0.614. The van der Waals surface area contributed by atoms with Gasteiger partial charge in [0.25, 0.3) is 0 Å². The smallest absolute Gasteiger partial charge is 0.136 e. The number of nitrogens with one attached hydrogen (secondary N) is 1. The number of rotatable bonds is 4. The van der Waals surface area contributed by atoms with Crippen LogP contribution in [0.5, 0.6) is 0 Å². The van der Waals surface area contributed by atoms with Crippen LogP contribution in [-0.4, -0.2) is 9.97 Å². The molecular weight excluding hydrogens is 267 g/mol. The summed E-state index contributed by atoms with van der Waals surface area (Å²) in [5, 5.41) is 3.27. The first-order valence-electron chi connectivity index (χ1n) is 7.20. The number of hydrogen-bond acceptors (Lipinski definition) is 4. The molecule has 1 aliphatic carbocycles. The summed E-state index contributed by atoms with van der Waals surface area (Å²) in [5.74, 6) is 2.22. The molecule has 1 heterocycles. The van der Waals surface area contributed by atoms with Crippen molar-refractivity contribution in [3.05, 3.63) is 47.0 Å². The average molecular weight is 286 g/mol. The van der Waals surface area contributed by atoms with Crippen LogP contribution in [0.15, 0.2) is 24.3 Å². The van der Waals surface area contributed by atoms with Gasteiger partial charge in [0, 0.05) is 12.0 Å². The molecule has 1 aromatic heterocycles. The molecule has 1 aliphatic rings. The SMILES string of the molecule is Cc1ccc(C(C)Nc2cc(N)nc(C3CC3)n2)cc1F. The summed E-state index contributed by atoms with van der Waals surface area (Å²) in [6.45, 7) is 3.73. The van der Waals surface area contributed by atoms with E-state index >= 15 is 0 Å². The number of nitrogen functional groups attached to an aromatic ring is 1. The first kappa shape index (κ1) is 13.8. The molecule has 1 unspecified atom stereocenters. The van der Waals surface area contributed by atoms with Crippen LogP contribution in [-0.2, 0) is 0 Å². The molecule has 3 N–H and O–H groups in total. The van der Waals surface area contributed by atoms with Gasteiger partial charge in [-0.25, -0.2) is 14.4 Å². The van der Waals surface area contributed by atoms with Crippen molar-refractivity contribution in [2.45, 2.75) is 38.6 Å². The second-order valence-electron chi connectivity index (χ2n) is 5.69. The van der Waals surface area contributed by atoms with Crippen LogP contribution < -0.4 is 11.1 Å². The van der Waals surface area contributed by atoms with Gasteiger partial charge in [-0.05, 0) is 43.9 Å². The topological polar surface area (TPSA) is 63.8 Å². The summed E-state index contributed by atoms with van der Waals surface area (Å²) in [7, 11) is 0. The van der Waals surface area contributed by atoms with Crippen molar-refractivity contribution in [1.82, 2.24) is 9.97 Å². The zero-order valence-electron chi connectivity index (χ0n) is 12.2. The quantitative estimate of drug-likeness (QED) is 0.902. The van der Waals surface area contributed by atoms with Crippen molar-refractivity contribution < 1.29 is 4.39 Å². The maximum atomic E-state index is 13.6. The second kappa shape index (κ2) is 5.31. The highest BCUT2D eigenvalue weighted by Crippen LogP contribution is 2.38. The van der Waals surface area contributed by atoms with E-state index in [1.54, 1.807) is 25.1 Å². The van der Waals surface area contributed by atoms with Crippen molar-refractivity contribution in [3.8, 4) is 0 Å². The van der Waals surface area contributed by atoms with Gasteiger partial charge in [-0.3, -0.25) is 0 Å². The molecule has 0 radical (unpaired) electrons. The standard InChI is InChI=1S/C16H19FN4/c1-9-3-4-12(7-13(9)17)10(2)19-15-8-14(18)20-16(21-15)11-5-6-11/h3-4,7-8,10-11H,5-6H2,1-2H3,(H3,18,19,20,21). The summed E-state index contributed by atoms with van der Waals surface area (Å²) in [5.41, 5.74) is 7.36. The number of nitrogens with zero attached hydrogens (tertiary/aromatic N) is 2. The van der Waals surface area contributed by atoms with Crippen LogP contribution in [0.4, 0.5) is 16.0 Å². The van der Waals surface area contributed by atoms with Crippen LogP contribution >= 0.6 is 0 Å². The van der Waals surface area contributed by atoms with E-state index in [1.807, 2.05) is 13.0 Å². The molecule has 0 aliphatic heterocycles. The predicted molar refractivity (Wildman–Crippen MR) is 81.6 cm³/mol. The largest absolute Gasteiger partial charge is 0.384 e. The van der Waals surface area contributed by atoms with Crippen LogP contribution in [0.2, 0.25) is 0 Å². The molecule has 1 aromatic carbocycles. The van der Waals surface area contributed by atoms with Crippen LogP contribution in [0.1, 0.15) is 48.7 Å². The molecule has 5 heteroatoms. The summed E-state index contributed by atoms with van der Waals surface area (Å²) in [4.78, 5) is 8.77. The predicted octanol–water partition coefficient (Wildman–Crippen LogP) is 3.56. The number of aromatic nitrogens is 2. The first-order valence-corrected chi connectivity index (χ1v) is 7.20. The van der Waals surface area contributed by atoms with E-state index < -0.39 is 0 Å². The third-order valence-corrected chi connectivity index (χ3v) is 3.77. The maximum absolute atomic E-state index is 13.6. The fraction of sp³-hybridized carbons (Fsp3) is 0.375. The Morgan fingerprint density at radius 3 is 2.71 bits per heavy atom. The van der Waals surface area contributed by atoms with Gasteiger partial charge in [0.05, 0.1) is 6.04 Å². The van der Waals surface area contributed by atoms with E-state index in [0.717, 1.165) is 24.2 Å². The Hall–Kier alpha value is -2.17. The zero-order chi connectivity index (χ0) is 15.0. The minimum atomic E-state index is -0.193. The van der Waals surface area contributed by atoms with Crippen LogP contribution in [0.25, 0.3) is 0 Å². The van der Waals surface area contributed by atoms with Gasteiger partial charge >= 0.3 is 0 Å². The van der Waals surface area contributed by atoms with Gasteiger partial charge in [-0.15, -0.1) is 0 Å². The summed E-state index contributed by atoms with van der Waals surface area (Å²) in [6, 6.07) is 6.92. The van der Waals surface area contributed by atoms with Crippen molar-refractivity contribution in [1.29, 1.82) is 0 Å². The highest BCUT2D eigenvalue weighted by Gasteiger charge is 2.27. The summed E-state index contributed by atoms with van der Waals surface area (Å²) >= 11 is 0. The molecule has 3 rings (SSSR count). The minimum Gasteiger partial charge on any atom is -0.384 e. The third kappa shape index (κ3) is 3.12. The Kier molecular flexibility index (Phi) is 3.49. The van der Waals surface area contributed by atoms with Gasteiger partial charge in [-0.1, -0.05) is 12.1 Å². The lowest BCUT2D eigenvalue weighted by Crippen LogP contribution is -2.10. The molecular formula is C16H19FN4. The fourth-order valence-electron chi connectivity index (χ4n) is 2.27. The van der Waals surface area contributed by atoms with E-state index in [0.29, 0.717) is 23.1 Å². The van der Waals surface area contributed by atoms with Crippen molar-refractivity contribution in [3.63, 3.8) is 0 Å². The van der Waals surface area contributed by atoms with E-state index in [9.17, 15) is 4.39 Å². The Morgan fingerprint density at radius 1 is 1.29 bits per heavy atom. The molecule has 0 bridgehead atoms. The van der Waals surface area contributed by atoms with Crippen molar-refractivity contribution in [2.75, 3.05) is 11.1 Å². The maximum Gasteiger partial charge on any atom is 0.136 e. The molecule has 0 saturated heterocycles. The van der Waals surface area contributed by atoms with Crippen LogP contribution in [0, 0.1) is 12.7 Å². The second-order valence-corrected chi connectivity index (χ2v) is 5.69. The normalized spacial score (nSPS) is 15.8. The highest BCUT2D eigenvalue weighted by molar-refractivity contribution is 5.47. The van der Waals surface area contributed by atoms with E-state index in [-0.39, 0.29) is 11.9 Å². The fourth-order valence-corrected chi connectivity index (χ4v) is 2.27. The Morgan fingerprint density at radius 2 is 2.05 bits per heavy atom. The molecule has 0 amide bonds. The van der Waals surface area contributed by atoms with E-state index in [1.165, 1.54) is 0 Å². The van der Waals surface area contributed by atoms with Crippen molar-refractivity contribution in [2.24, 2.45) is 0 Å². The lowest BCUT2D eigenvalue weighted by Gasteiger charge is -2.16. The number of aryl methyl sites for hydroxylation is 1. The highest BCUT2D eigenvalue weighted by atomic mass is 19.1. The molecule has 110 valence electrons. The summed E-state index contributed by atoms with van der Waals surface area (Å²) in [6.07, 6.45) is 2.25. The third-order valence-electron chi connectivity index (χ3n) is 3.77. The van der Waals surface area contributed by atoms with Gasteiger partial charge < -0.3 is 11.1 Å². The minimum absolute atomic E-state index is 0.0542. The number of hydrogen-bond donors (Lipinski definition) is 2.